The molecule has 0 saturated carbocycles. The third-order valence-corrected chi connectivity index (χ3v) is 3.38. The number of benzene rings is 1. The van der Waals surface area contributed by atoms with E-state index in [1.165, 1.54) is 0 Å². The largest absolute Gasteiger partial charge is 0.494 e. The number of aromatic nitrogens is 2. The van der Waals surface area contributed by atoms with E-state index < -0.39 is 6.10 Å². The minimum absolute atomic E-state index is 0.643. The lowest BCUT2D eigenvalue weighted by atomic mass is 10.1. The van der Waals surface area contributed by atoms with E-state index in [-0.39, 0.29) is 0 Å². The van der Waals surface area contributed by atoms with Crippen molar-refractivity contribution < 1.29 is 9.84 Å². The molecule has 4 heteroatoms. The average Bonchev–Trinajstić information content (AvgIpc) is 2.81. The minimum atomic E-state index is -0.659. The number of aryl methyl sites for hydroxylation is 1. The molecule has 1 unspecified atom stereocenters. The maximum atomic E-state index is 10.5. The molecule has 1 N–H and O–H groups in total. The zero-order chi connectivity index (χ0) is 14.5. The molecule has 1 heterocycles. The smallest absolute Gasteiger partial charge is 0.121 e. The molecule has 0 fully saturated rings. The quantitative estimate of drug-likeness (QED) is 0.881. The number of hydrogen-bond acceptors (Lipinski definition) is 3. The fraction of sp³-hybridized carbons (Fsp3) is 0.438. The molecule has 0 bridgehead atoms. The lowest BCUT2D eigenvalue weighted by Gasteiger charge is -2.13. The number of rotatable bonds is 6. The molecular weight excluding hydrogens is 252 g/mol. The molecular formula is C16H22N2O2. The highest BCUT2D eigenvalue weighted by atomic mass is 16.5. The Morgan fingerprint density at radius 1 is 1.25 bits per heavy atom. The summed E-state index contributed by atoms with van der Waals surface area (Å²) in [5.74, 6) is 1.83. The van der Waals surface area contributed by atoms with Crippen molar-refractivity contribution in [3.05, 3.63) is 47.5 Å². The predicted octanol–water partition coefficient (Wildman–Crippen LogP) is 2.85. The Morgan fingerprint density at radius 2 is 1.95 bits per heavy atom. The molecule has 2 rings (SSSR count). The molecule has 0 aliphatic carbocycles. The minimum Gasteiger partial charge on any atom is -0.494 e. The summed E-state index contributed by atoms with van der Waals surface area (Å²) < 4.78 is 7.38. The van der Waals surface area contributed by atoms with Gasteiger partial charge < -0.3 is 14.4 Å². The van der Waals surface area contributed by atoms with Crippen LogP contribution in [0.15, 0.2) is 30.5 Å². The van der Waals surface area contributed by atoms with Gasteiger partial charge in [0.1, 0.15) is 17.7 Å². The van der Waals surface area contributed by atoms with E-state index in [0.717, 1.165) is 35.7 Å². The second-order valence-corrected chi connectivity index (χ2v) is 4.81. The highest BCUT2D eigenvalue weighted by Gasteiger charge is 2.16. The van der Waals surface area contributed by atoms with Crippen LogP contribution in [0.5, 0.6) is 5.75 Å². The van der Waals surface area contributed by atoms with E-state index in [9.17, 15) is 5.11 Å². The molecule has 2 aromatic rings. The van der Waals surface area contributed by atoms with Gasteiger partial charge in [-0.1, -0.05) is 19.1 Å². The topological polar surface area (TPSA) is 47.3 Å². The van der Waals surface area contributed by atoms with Crippen LogP contribution in [0, 0.1) is 0 Å². The van der Waals surface area contributed by atoms with Crippen LogP contribution in [0.25, 0.3) is 0 Å². The number of aliphatic hydroxyl groups excluding tert-OH is 1. The Hall–Kier alpha value is -1.81. The molecule has 0 aliphatic heterocycles. The van der Waals surface area contributed by atoms with E-state index in [1.807, 2.05) is 42.8 Å². The predicted molar refractivity (Wildman–Crippen MR) is 78.9 cm³/mol. The van der Waals surface area contributed by atoms with E-state index in [2.05, 4.69) is 11.9 Å². The van der Waals surface area contributed by atoms with Crippen molar-refractivity contribution in [1.82, 2.24) is 9.55 Å². The van der Waals surface area contributed by atoms with Crippen LogP contribution in [0.4, 0.5) is 0 Å². The fourth-order valence-corrected chi connectivity index (χ4v) is 2.26. The monoisotopic (exact) mass is 274 g/mol. The Morgan fingerprint density at radius 3 is 2.55 bits per heavy atom. The highest BCUT2D eigenvalue weighted by Crippen LogP contribution is 2.24. The summed E-state index contributed by atoms with van der Waals surface area (Å²) in [5.41, 5.74) is 1.66. The second-order valence-electron chi connectivity index (χ2n) is 4.81. The summed E-state index contributed by atoms with van der Waals surface area (Å²) in [6, 6.07) is 7.54. The Balaban J connectivity index is 2.20. The van der Waals surface area contributed by atoms with Crippen molar-refractivity contribution in [2.24, 2.45) is 7.05 Å². The Bertz CT molecular complexity index is 546. The third-order valence-electron chi connectivity index (χ3n) is 3.38. The van der Waals surface area contributed by atoms with Gasteiger partial charge >= 0.3 is 0 Å². The molecule has 0 amide bonds. The van der Waals surface area contributed by atoms with Crippen molar-refractivity contribution in [3.8, 4) is 5.75 Å². The molecule has 0 radical (unpaired) electrons. The molecule has 0 spiro atoms. The SMILES string of the molecule is CCCc1ncc(C(O)c2ccc(OCC)cc2)n1C. The maximum Gasteiger partial charge on any atom is 0.121 e. The molecule has 108 valence electrons. The van der Waals surface area contributed by atoms with Gasteiger partial charge in [0, 0.05) is 13.5 Å². The molecule has 0 aliphatic rings. The standard InChI is InChI=1S/C16H22N2O2/c1-4-6-15-17-11-14(18(15)3)16(19)12-7-9-13(10-8-12)20-5-2/h7-11,16,19H,4-6H2,1-3H3. The summed E-state index contributed by atoms with van der Waals surface area (Å²) in [5, 5.41) is 10.5. The van der Waals surface area contributed by atoms with Crippen molar-refractivity contribution in [2.45, 2.75) is 32.8 Å². The molecule has 20 heavy (non-hydrogen) atoms. The molecule has 1 aromatic heterocycles. The van der Waals surface area contributed by atoms with E-state index in [1.54, 1.807) is 6.20 Å². The number of hydrogen-bond donors (Lipinski definition) is 1. The van der Waals surface area contributed by atoms with Gasteiger partial charge in [-0.25, -0.2) is 4.98 Å². The maximum absolute atomic E-state index is 10.5. The molecule has 1 atom stereocenters. The van der Waals surface area contributed by atoms with Crippen molar-refractivity contribution in [2.75, 3.05) is 6.61 Å². The van der Waals surface area contributed by atoms with Gasteiger partial charge in [-0.05, 0) is 31.0 Å². The van der Waals surface area contributed by atoms with Crippen molar-refractivity contribution in [1.29, 1.82) is 0 Å². The number of nitrogens with zero attached hydrogens (tertiary/aromatic N) is 2. The van der Waals surface area contributed by atoms with Crippen LogP contribution in [0.1, 0.15) is 43.5 Å². The van der Waals surface area contributed by atoms with Gasteiger partial charge in [-0.3, -0.25) is 0 Å². The van der Waals surface area contributed by atoms with Crippen molar-refractivity contribution in [3.63, 3.8) is 0 Å². The van der Waals surface area contributed by atoms with Crippen LogP contribution >= 0.6 is 0 Å². The zero-order valence-corrected chi connectivity index (χ0v) is 12.3. The summed E-state index contributed by atoms with van der Waals surface area (Å²) in [6.45, 7) is 4.72. The summed E-state index contributed by atoms with van der Waals surface area (Å²) in [4.78, 5) is 4.38. The van der Waals surface area contributed by atoms with Gasteiger partial charge in [0.15, 0.2) is 0 Å². The van der Waals surface area contributed by atoms with Crippen LogP contribution < -0.4 is 4.74 Å². The summed E-state index contributed by atoms with van der Waals surface area (Å²) >= 11 is 0. The number of ether oxygens (including phenoxy) is 1. The van der Waals surface area contributed by atoms with Crippen LogP contribution in [0.3, 0.4) is 0 Å². The lowest BCUT2D eigenvalue weighted by Crippen LogP contribution is -2.08. The second kappa shape index (κ2) is 6.57. The van der Waals surface area contributed by atoms with Crippen LogP contribution in [-0.2, 0) is 13.5 Å². The first-order valence-electron chi connectivity index (χ1n) is 7.08. The van der Waals surface area contributed by atoms with E-state index in [0.29, 0.717) is 6.61 Å². The van der Waals surface area contributed by atoms with Gasteiger partial charge in [-0.15, -0.1) is 0 Å². The first kappa shape index (κ1) is 14.6. The van der Waals surface area contributed by atoms with Gasteiger partial charge in [0.05, 0.1) is 18.5 Å². The van der Waals surface area contributed by atoms with E-state index >= 15 is 0 Å². The fourth-order valence-electron chi connectivity index (χ4n) is 2.26. The normalized spacial score (nSPS) is 12.4. The number of imidazole rings is 1. The third kappa shape index (κ3) is 3.02. The molecule has 0 saturated heterocycles. The summed E-state index contributed by atoms with van der Waals surface area (Å²) in [7, 11) is 1.95. The van der Waals surface area contributed by atoms with Crippen molar-refractivity contribution >= 4 is 0 Å². The average molecular weight is 274 g/mol. The van der Waals surface area contributed by atoms with E-state index in [4.69, 9.17) is 4.74 Å². The Labute approximate surface area is 120 Å². The number of aliphatic hydroxyl groups is 1. The Kier molecular flexibility index (Phi) is 4.79. The van der Waals surface area contributed by atoms with Gasteiger partial charge in [0.25, 0.3) is 0 Å². The van der Waals surface area contributed by atoms with Crippen LogP contribution in [-0.4, -0.2) is 21.3 Å². The van der Waals surface area contributed by atoms with Gasteiger partial charge in [0.2, 0.25) is 0 Å². The summed E-state index contributed by atoms with van der Waals surface area (Å²) in [6.07, 6.45) is 3.07. The van der Waals surface area contributed by atoms with Crippen LogP contribution in [0.2, 0.25) is 0 Å². The molecule has 4 nitrogen and oxygen atoms in total. The first-order chi connectivity index (χ1) is 9.67. The lowest BCUT2D eigenvalue weighted by molar-refractivity contribution is 0.211. The first-order valence-corrected chi connectivity index (χ1v) is 7.08. The highest BCUT2D eigenvalue weighted by molar-refractivity contribution is 5.32. The zero-order valence-electron chi connectivity index (χ0n) is 12.3. The molecule has 1 aromatic carbocycles. The van der Waals surface area contributed by atoms with Gasteiger partial charge in [-0.2, -0.15) is 0 Å².